The largest absolute Gasteiger partial charge is 0.495 e. The van der Waals surface area contributed by atoms with Crippen LogP contribution in [0.3, 0.4) is 0 Å². The number of pyridine rings is 2. The molecule has 3 aromatic heterocycles. The average Bonchev–Trinajstić information content (AvgIpc) is 3.12. The lowest BCUT2D eigenvalue weighted by molar-refractivity contribution is 0.102. The van der Waals surface area contributed by atoms with Crippen LogP contribution in [0.15, 0.2) is 65.5 Å². The highest BCUT2D eigenvalue weighted by molar-refractivity contribution is 6.03. The monoisotopic (exact) mass is 346 g/mol. The molecular formula is C19H14N4O3. The lowest BCUT2D eigenvalue weighted by atomic mass is 10.2. The molecule has 1 aromatic carbocycles. The molecule has 4 rings (SSSR count). The molecule has 0 saturated carbocycles. The van der Waals surface area contributed by atoms with Crippen LogP contribution >= 0.6 is 0 Å². The molecule has 1 N–H and O–H groups in total. The molecule has 7 heteroatoms. The van der Waals surface area contributed by atoms with Gasteiger partial charge in [-0.15, -0.1) is 0 Å². The van der Waals surface area contributed by atoms with E-state index in [2.05, 4.69) is 20.3 Å². The minimum absolute atomic E-state index is 0.294. The molecule has 3 heterocycles. The number of amides is 1. The van der Waals surface area contributed by atoms with E-state index in [1.165, 1.54) is 6.20 Å². The topological polar surface area (TPSA) is 90.1 Å². The Bertz CT molecular complexity index is 1060. The minimum Gasteiger partial charge on any atom is -0.495 e. The Labute approximate surface area is 148 Å². The number of carbonyl (C=O) groups excluding carboxylic acids is 1. The van der Waals surface area contributed by atoms with Gasteiger partial charge in [0.15, 0.2) is 5.58 Å². The fourth-order valence-corrected chi connectivity index (χ4v) is 2.45. The molecular weight excluding hydrogens is 332 g/mol. The number of nitrogens with zero attached hydrogens (tertiary/aromatic N) is 3. The molecule has 0 unspecified atom stereocenters. The van der Waals surface area contributed by atoms with Crippen LogP contribution in [0.2, 0.25) is 0 Å². The summed E-state index contributed by atoms with van der Waals surface area (Å²) in [6.45, 7) is 0. The molecule has 0 spiro atoms. The van der Waals surface area contributed by atoms with Crippen LogP contribution < -0.4 is 10.1 Å². The van der Waals surface area contributed by atoms with E-state index >= 15 is 0 Å². The Hall–Kier alpha value is -3.74. The van der Waals surface area contributed by atoms with Gasteiger partial charge in [-0.2, -0.15) is 0 Å². The van der Waals surface area contributed by atoms with Gasteiger partial charge in [0.1, 0.15) is 17.0 Å². The predicted molar refractivity (Wildman–Crippen MR) is 96.0 cm³/mol. The van der Waals surface area contributed by atoms with Crippen molar-refractivity contribution in [2.24, 2.45) is 0 Å². The first kappa shape index (κ1) is 15.8. The van der Waals surface area contributed by atoms with Gasteiger partial charge in [-0.1, -0.05) is 0 Å². The smallest absolute Gasteiger partial charge is 0.274 e. The van der Waals surface area contributed by atoms with E-state index in [1.54, 1.807) is 49.8 Å². The molecule has 4 aromatic rings. The average molecular weight is 346 g/mol. The highest BCUT2D eigenvalue weighted by Gasteiger charge is 2.11. The minimum atomic E-state index is -0.317. The number of carbonyl (C=O) groups is 1. The van der Waals surface area contributed by atoms with Gasteiger partial charge in [-0.3, -0.25) is 9.78 Å². The molecule has 7 nitrogen and oxygen atoms in total. The molecule has 0 atom stereocenters. The zero-order valence-electron chi connectivity index (χ0n) is 13.8. The highest BCUT2D eigenvalue weighted by atomic mass is 16.5. The van der Waals surface area contributed by atoms with Crippen molar-refractivity contribution in [1.29, 1.82) is 0 Å². The Balaban J connectivity index is 1.58. The number of ether oxygens (including phenoxy) is 1. The molecule has 128 valence electrons. The number of hydrogen-bond acceptors (Lipinski definition) is 6. The Morgan fingerprint density at radius 2 is 2.08 bits per heavy atom. The van der Waals surface area contributed by atoms with Crippen LogP contribution in [0, 0.1) is 0 Å². The zero-order chi connectivity index (χ0) is 17.9. The molecule has 0 radical (unpaired) electrons. The first-order valence-corrected chi connectivity index (χ1v) is 7.85. The van der Waals surface area contributed by atoms with Gasteiger partial charge < -0.3 is 14.5 Å². The van der Waals surface area contributed by atoms with Gasteiger partial charge in [0.25, 0.3) is 5.91 Å². The lowest BCUT2D eigenvalue weighted by Gasteiger charge is -2.05. The molecule has 26 heavy (non-hydrogen) atoms. The van der Waals surface area contributed by atoms with Crippen LogP contribution in [0.1, 0.15) is 10.5 Å². The summed E-state index contributed by atoms with van der Waals surface area (Å²) >= 11 is 0. The van der Waals surface area contributed by atoms with Gasteiger partial charge in [-0.25, -0.2) is 9.97 Å². The van der Waals surface area contributed by atoms with E-state index in [4.69, 9.17) is 9.15 Å². The molecule has 1 amide bonds. The van der Waals surface area contributed by atoms with Crippen molar-refractivity contribution in [2.45, 2.75) is 0 Å². The molecule has 0 bridgehead atoms. The van der Waals surface area contributed by atoms with Crippen molar-refractivity contribution in [3.8, 4) is 17.2 Å². The van der Waals surface area contributed by atoms with E-state index in [1.807, 2.05) is 12.1 Å². The highest BCUT2D eigenvalue weighted by Crippen LogP contribution is 2.25. The number of aromatic nitrogens is 3. The van der Waals surface area contributed by atoms with Crippen molar-refractivity contribution in [2.75, 3.05) is 12.4 Å². The summed E-state index contributed by atoms with van der Waals surface area (Å²) in [7, 11) is 1.55. The van der Waals surface area contributed by atoms with E-state index < -0.39 is 0 Å². The Morgan fingerprint density at radius 1 is 1.15 bits per heavy atom. The van der Waals surface area contributed by atoms with Crippen LogP contribution in [-0.4, -0.2) is 28.0 Å². The predicted octanol–water partition coefficient (Wildman–Crippen LogP) is 3.55. The van der Waals surface area contributed by atoms with Gasteiger partial charge >= 0.3 is 0 Å². The zero-order valence-corrected chi connectivity index (χ0v) is 13.8. The van der Waals surface area contributed by atoms with Crippen molar-refractivity contribution in [3.63, 3.8) is 0 Å². The molecule has 0 fully saturated rings. The Morgan fingerprint density at radius 3 is 2.81 bits per heavy atom. The number of oxazole rings is 1. The maximum atomic E-state index is 12.3. The van der Waals surface area contributed by atoms with Crippen LogP contribution in [0.5, 0.6) is 5.75 Å². The summed E-state index contributed by atoms with van der Waals surface area (Å²) in [6.07, 6.45) is 4.87. The van der Waals surface area contributed by atoms with Crippen molar-refractivity contribution in [3.05, 3.63) is 66.7 Å². The summed E-state index contributed by atoms with van der Waals surface area (Å²) in [5, 5.41) is 2.80. The number of rotatable bonds is 4. The van der Waals surface area contributed by atoms with E-state index in [0.717, 1.165) is 5.56 Å². The second kappa shape index (κ2) is 6.64. The van der Waals surface area contributed by atoms with Crippen LogP contribution in [-0.2, 0) is 0 Å². The summed E-state index contributed by atoms with van der Waals surface area (Å²) in [5.41, 5.74) is 2.96. The van der Waals surface area contributed by atoms with Crippen molar-refractivity contribution >= 4 is 22.7 Å². The molecule has 0 aliphatic carbocycles. The quantitative estimate of drug-likeness (QED) is 0.608. The fraction of sp³-hybridized carbons (Fsp3) is 0.0526. The summed E-state index contributed by atoms with van der Waals surface area (Å²) < 4.78 is 10.8. The lowest BCUT2D eigenvalue weighted by Crippen LogP contribution is -2.13. The summed E-state index contributed by atoms with van der Waals surface area (Å²) in [6, 6.07) is 12.2. The second-order valence-electron chi connectivity index (χ2n) is 5.48. The van der Waals surface area contributed by atoms with Gasteiger partial charge in [0.2, 0.25) is 5.89 Å². The number of anilines is 1. The Kier molecular flexibility index (Phi) is 4.03. The normalized spacial score (nSPS) is 10.7. The van der Waals surface area contributed by atoms with Gasteiger partial charge in [0.05, 0.1) is 18.9 Å². The number of nitrogens with one attached hydrogen (secondary N) is 1. The maximum absolute atomic E-state index is 12.3. The van der Waals surface area contributed by atoms with Crippen LogP contribution in [0.4, 0.5) is 5.69 Å². The molecule has 0 saturated heterocycles. The second-order valence-corrected chi connectivity index (χ2v) is 5.48. The first-order chi connectivity index (χ1) is 12.7. The maximum Gasteiger partial charge on any atom is 0.274 e. The molecule has 0 aliphatic rings. The van der Waals surface area contributed by atoms with E-state index in [0.29, 0.717) is 34.1 Å². The fourth-order valence-electron chi connectivity index (χ4n) is 2.45. The third-order valence-corrected chi connectivity index (χ3v) is 3.76. The van der Waals surface area contributed by atoms with E-state index in [9.17, 15) is 4.79 Å². The summed E-state index contributed by atoms with van der Waals surface area (Å²) in [4.78, 5) is 24.9. The number of hydrogen-bond donors (Lipinski definition) is 1. The number of fused-ring (bicyclic) bond motifs is 1. The SMILES string of the molecule is COc1ccc(C(=O)Nc2ccc3oc(-c4cccnc4)nc3c2)nc1. The van der Waals surface area contributed by atoms with Gasteiger partial charge in [-0.05, 0) is 42.5 Å². The van der Waals surface area contributed by atoms with Crippen molar-refractivity contribution in [1.82, 2.24) is 15.0 Å². The van der Waals surface area contributed by atoms with E-state index in [-0.39, 0.29) is 5.91 Å². The number of benzene rings is 1. The first-order valence-electron chi connectivity index (χ1n) is 7.85. The molecule has 0 aliphatic heterocycles. The van der Waals surface area contributed by atoms with Crippen molar-refractivity contribution < 1.29 is 13.9 Å². The number of methoxy groups -OCH3 is 1. The third kappa shape index (κ3) is 3.10. The standard InChI is InChI=1S/C19H14N4O3/c1-25-14-5-6-15(21-11-14)18(24)22-13-4-7-17-16(9-13)23-19(26-17)12-3-2-8-20-10-12/h2-11H,1H3,(H,22,24). The third-order valence-electron chi connectivity index (χ3n) is 3.76. The van der Waals surface area contributed by atoms with Gasteiger partial charge in [0, 0.05) is 18.1 Å². The summed E-state index contributed by atoms with van der Waals surface area (Å²) in [5.74, 6) is 0.755. The van der Waals surface area contributed by atoms with Crippen LogP contribution in [0.25, 0.3) is 22.6 Å².